The van der Waals surface area contributed by atoms with Crippen LogP contribution < -0.4 is 4.74 Å². The van der Waals surface area contributed by atoms with Crippen molar-refractivity contribution < 1.29 is 28.5 Å². The number of ether oxygens (including phenoxy) is 4. The summed E-state index contributed by atoms with van der Waals surface area (Å²) >= 11 is 0. The normalized spacial score (nSPS) is 14.1. The van der Waals surface area contributed by atoms with Crippen molar-refractivity contribution in [3.8, 4) is 22.7 Å². The largest absolute Gasteiger partial charge is 0.490 e. The SMILES string of the molecule is COC(=O)c1c(-c2ccccc2OC2CCOCC2)nn(-c2ccccc2)c1C(=O)OC. The molecule has 8 heteroatoms. The van der Waals surface area contributed by atoms with Crippen molar-refractivity contribution in [2.24, 2.45) is 0 Å². The molecule has 0 spiro atoms. The summed E-state index contributed by atoms with van der Waals surface area (Å²) in [4.78, 5) is 25.6. The third-order valence-corrected chi connectivity index (χ3v) is 5.26. The van der Waals surface area contributed by atoms with Crippen LogP contribution in [0.3, 0.4) is 0 Å². The van der Waals surface area contributed by atoms with Crippen LogP contribution in [0.25, 0.3) is 16.9 Å². The highest BCUT2D eigenvalue weighted by molar-refractivity contribution is 6.07. The topological polar surface area (TPSA) is 88.9 Å². The van der Waals surface area contributed by atoms with Gasteiger partial charge in [-0.2, -0.15) is 5.10 Å². The predicted octanol–water partition coefficient (Wildman–Crippen LogP) is 3.67. The minimum Gasteiger partial charge on any atom is -0.490 e. The van der Waals surface area contributed by atoms with Crippen molar-refractivity contribution in [3.63, 3.8) is 0 Å². The van der Waals surface area contributed by atoms with Crippen molar-refractivity contribution in [3.05, 3.63) is 65.9 Å². The Labute approximate surface area is 185 Å². The molecule has 0 atom stereocenters. The van der Waals surface area contributed by atoms with Gasteiger partial charge in [-0.1, -0.05) is 30.3 Å². The number of carbonyl (C=O) groups is 2. The third kappa shape index (κ3) is 4.22. The minimum atomic E-state index is -0.698. The lowest BCUT2D eigenvalue weighted by Gasteiger charge is -2.24. The Hall–Kier alpha value is -3.65. The smallest absolute Gasteiger partial charge is 0.357 e. The molecule has 0 aliphatic carbocycles. The van der Waals surface area contributed by atoms with Crippen LogP contribution in [-0.2, 0) is 14.2 Å². The van der Waals surface area contributed by atoms with Gasteiger partial charge in [-0.15, -0.1) is 0 Å². The number of hydrogen-bond donors (Lipinski definition) is 0. The van der Waals surface area contributed by atoms with E-state index in [1.54, 1.807) is 18.2 Å². The Morgan fingerprint density at radius 1 is 0.938 bits per heavy atom. The molecule has 2 aromatic carbocycles. The van der Waals surface area contributed by atoms with Gasteiger partial charge in [-0.25, -0.2) is 14.3 Å². The lowest BCUT2D eigenvalue weighted by Crippen LogP contribution is -2.26. The van der Waals surface area contributed by atoms with Crippen molar-refractivity contribution in [1.29, 1.82) is 0 Å². The van der Waals surface area contributed by atoms with Gasteiger partial charge in [0, 0.05) is 18.4 Å². The summed E-state index contributed by atoms with van der Waals surface area (Å²) in [6, 6.07) is 16.4. The highest BCUT2D eigenvalue weighted by atomic mass is 16.5. The molecule has 0 unspecified atom stereocenters. The fraction of sp³-hybridized carbons (Fsp3) is 0.292. The zero-order valence-corrected chi connectivity index (χ0v) is 17.9. The maximum absolute atomic E-state index is 12.9. The standard InChI is InChI=1S/C24H24N2O6/c1-29-23(27)20-21(18-10-6-7-11-19(18)32-17-12-14-31-15-13-17)25-26(22(20)24(28)30-2)16-8-4-3-5-9-16/h3-11,17H,12-15H2,1-2H3. The van der Waals surface area contributed by atoms with Crippen LogP contribution in [0.15, 0.2) is 54.6 Å². The van der Waals surface area contributed by atoms with E-state index < -0.39 is 11.9 Å². The summed E-state index contributed by atoms with van der Waals surface area (Å²) in [6.07, 6.45) is 1.52. The van der Waals surface area contributed by atoms with Crippen molar-refractivity contribution in [2.75, 3.05) is 27.4 Å². The van der Waals surface area contributed by atoms with Gasteiger partial charge in [-0.3, -0.25) is 0 Å². The highest BCUT2D eigenvalue weighted by Crippen LogP contribution is 2.36. The van der Waals surface area contributed by atoms with Gasteiger partial charge >= 0.3 is 11.9 Å². The maximum atomic E-state index is 12.9. The molecule has 1 fully saturated rings. The molecule has 0 bridgehead atoms. The Morgan fingerprint density at radius 2 is 1.59 bits per heavy atom. The second-order valence-corrected chi connectivity index (χ2v) is 7.23. The van der Waals surface area contributed by atoms with Gasteiger partial charge < -0.3 is 18.9 Å². The number of carbonyl (C=O) groups excluding carboxylic acids is 2. The number of nitrogens with zero attached hydrogens (tertiary/aromatic N) is 2. The van der Waals surface area contributed by atoms with E-state index in [9.17, 15) is 9.59 Å². The van der Waals surface area contributed by atoms with Crippen LogP contribution in [0.1, 0.15) is 33.7 Å². The van der Waals surface area contributed by atoms with E-state index >= 15 is 0 Å². The van der Waals surface area contributed by atoms with Gasteiger partial charge in [0.2, 0.25) is 0 Å². The first-order valence-electron chi connectivity index (χ1n) is 10.3. The lowest BCUT2D eigenvalue weighted by molar-refractivity contribution is 0.0258. The Kier molecular flexibility index (Phi) is 6.51. The number of methoxy groups -OCH3 is 2. The van der Waals surface area contributed by atoms with Gasteiger partial charge in [0.15, 0.2) is 5.69 Å². The molecule has 0 radical (unpaired) electrons. The summed E-state index contributed by atoms with van der Waals surface area (Å²) in [5, 5.41) is 4.65. The van der Waals surface area contributed by atoms with E-state index in [0.717, 1.165) is 12.8 Å². The summed E-state index contributed by atoms with van der Waals surface area (Å²) in [5.74, 6) is -0.821. The molecule has 0 N–H and O–H groups in total. The van der Waals surface area contributed by atoms with Crippen LogP contribution in [0.4, 0.5) is 0 Å². The van der Waals surface area contributed by atoms with Gasteiger partial charge in [-0.05, 0) is 24.3 Å². The first-order valence-corrected chi connectivity index (χ1v) is 10.3. The van der Waals surface area contributed by atoms with Crippen LogP contribution in [0.5, 0.6) is 5.75 Å². The van der Waals surface area contributed by atoms with Crippen LogP contribution >= 0.6 is 0 Å². The molecule has 1 saturated heterocycles. The van der Waals surface area contributed by atoms with E-state index in [0.29, 0.717) is 30.2 Å². The molecule has 1 aliphatic rings. The number of para-hydroxylation sites is 2. The van der Waals surface area contributed by atoms with Crippen molar-refractivity contribution >= 4 is 11.9 Å². The molecule has 1 aromatic heterocycles. The minimum absolute atomic E-state index is 0.0113. The second kappa shape index (κ2) is 9.65. The van der Waals surface area contributed by atoms with Gasteiger partial charge in [0.1, 0.15) is 23.1 Å². The molecule has 1 aliphatic heterocycles. The van der Waals surface area contributed by atoms with Crippen molar-refractivity contribution in [2.45, 2.75) is 18.9 Å². The molecule has 2 heterocycles. The molecular formula is C24H24N2O6. The molecule has 8 nitrogen and oxygen atoms in total. The average Bonchev–Trinajstić information content (AvgIpc) is 3.25. The second-order valence-electron chi connectivity index (χ2n) is 7.23. The van der Waals surface area contributed by atoms with E-state index in [1.165, 1.54) is 18.9 Å². The predicted molar refractivity (Wildman–Crippen MR) is 116 cm³/mol. The summed E-state index contributed by atoms with van der Waals surface area (Å²) in [6.45, 7) is 1.27. The first kappa shape index (κ1) is 21.6. The molecule has 3 aromatic rings. The van der Waals surface area contributed by atoms with Crippen LogP contribution in [-0.4, -0.2) is 55.3 Å². The van der Waals surface area contributed by atoms with E-state index in [4.69, 9.17) is 18.9 Å². The van der Waals surface area contributed by atoms with Crippen molar-refractivity contribution in [1.82, 2.24) is 9.78 Å². The Balaban J connectivity index is 1.90. The Bertz CT molecular complexity index is 1100. The van der Waals surface area contributed by atoms with E-state index in [2.05, 4.69) is 5.10 Å². The maximum Gasteiger partial charge on any atom is 0.357 e. The number of hydrogen-bond acceptors (Lipinski definition) is 7. The fourth-order valence-electron chi connectivity index (χ4n) is 3.68. The zero-order chi connectivity index (χ0) is 22.5. The molecular weight excluding hydrogens is 412 g/mol. The molecule has 0 amide bonds. The molecule has 32 heavy (non-hydrogen) atoms. The zero-order valence-electron chi connectivity index (χ0n) is 17.9. The highest BCUT2D eigenvalue weighted by Gasteiger charge is 2.32. The van der Waals surface area contributed by atoms with Gasteiger partial charge in [0.05, 0.1) is 33.1 Å². The number of aromatic nitrogens is 2. The van der Waals surface area contributed by atoms with E-state index in [-0.39, 0.29) is 23.1 Å². The molecule has 0 saturated carbocycles. The number of esters is 2. The number of benzene rings is 2. The first-order chi connectivity index (χ1) is 15.6. The van der Waals surface area contributed by atoms with Gasteiger partial charge in [0.25, 0.3) is 0 Å². The lowest BCUT2D eigenvalue weighted by atomic mass is 10.0. The monoisotopic (exact) mass is 436 g/mol. The number of rotatable bonds is 6. The molecule has 4 rings (SSSR count). The Morgan fingerprint density at radius 3 is 2.28 bits per heavy atom. The van der Waals surface area contributed by atoms with Crippen LogP contribution in [0.2, 0.25) is 0 Å². The summed E-state index contributed by atoms with van der Waals surface area (Å²) in [7, 11) is 2.52. The molecule has 166 valence electrons. The summed E-state index contributed by atoms with van der Waals surface area (Å²) < 4.78 is 23.1. The van der Waals surface area contributed by atoms with Crippen LogP contribution in [0, 0.1) is 0 Å². The average molecular weight is 436 g/mol. The third-order valence-electron chi connectivity index (χ3n) is 5.26. The fourth-order valence-corrected chi connectivity index (χ4v) is 3.68. The quantitative estimate of drug-likeness (QED) is 0.545. The summed E-state index contributed by atoms with van der Waals surface area (Å²) in [5.41, 5.74) is 1.47. The van der Waals surface area contributed by atoms with E-state index in [1.807, 2.05) is 36.4 Å².